The highest BCUT2D eigenvalue weighted by molar-refractivity contribution is 6.24. The Hall–Kier alpha value is -3.11. The Morgan fingerprint density at radius 3 is 2.56 bits per heavy atom. The third kappa shape index (κ3) is 3.05. The zero-order chi connectivity index (χ0) is 22.7. The minimum atomic E-state index is -1.05. The van der Waals surface area contributed by atoms with Crippen LogP contribution in [0, 0.1) is 17.8 Å². The van der Waals surface area contributed by atoms with Gasteiger partial charge in [-0.1, -0.05) is 12.1 Å². The molecule has 1 saturated heterocycles. The van der Waals surface area contributed by atoms with Crippen LogP contribution in [0.4, 0.5) is 0 Å². The monoisotopic (exact) mass is 441 g/mol. The summed E-state index contributed by atoms with van der Waals surface area (Å²) in [6.07, 6.45) is -0.482. The zero-order valence-electron chi connectivity index (χ0n) is 17.1. The third-order valence-electron chi connectivity index (χ3n) is 7.26. The molecule has 1 aromatic carbocycles. The summed E-state index contributed by atoms with van der Waals surface area (Å²) < 4.78 is 0. The number of fused-ring (bicyclic) bond motifs is 3. The zero-order valence-corrected chi connectivity index (χ0v) is 17.1. The second-order valence-corrected chi connectivity index (χ2v) is 8.99. The minimum absolute atomic E-state index is 0.0107. The Bertz CT molecular complexity index is 1050. The van der Waals surface area contributed by atoms with Crippen LogP contribution < -0.4 is 10.6 Å². The number of hydrogen-bond acceptors (Lipinski definition) is 7. The predicted octanol–water partition coefficient (Wildman–Crippen LogP) is -0.918. The van der Waals surface area contributed by atoms with Gasteiger partial charge in [0.15, 0.2) is 0 Å². The van der Waals surface area contributed by atoms with E-state index in [0.717, 1.165) is 4.90 Å². The first-order valence-corrected chi connectivity index (χ1v) is 10.7. The molecular weight excluding hydrogens is 418 g/mol. The molecule has 5 amide bonds. The fraction of sp³-hybridized carbons (Fsp3) is 0.500. The highest BCUT2D eigenvalue weighted by Crippen LogP contribution is 2.48. The lowest BCUT2D eigenvalue weighted by molar-refractivity contribution is -0.136. The van der Waals surface area contributed by atoms with E-state index in [-0.39, 0.29) is 48.3 Å². The van der Waals surface area contributed by atoms with Gasteiger partial charge in [0.05, 0.1) is 23.3 Å². The summed E-state index contributed by atoms with van der Waals surface area (Å²) in [6.45, 7) is 0.0107. The van der Waals surface area contributed by atoms with Crippen molar-refractivity contribution in [1.82, 2.24) is 15.5 Å². The van der Waals surface area contributed by atoms with Crippen molar-refractivity contribution in [2.75, 3.05) is 0 Å². The molecule has 6 atom stereocenters. The van der Waals surface area contributed by atoms with E-state index in [1.165, 1.54) is 6.07 Å². The van der Waals surface area contributed by atoms with Gasteiger partial charge in [-0.3, -0.25) is 34.2 Å². The Morgan fingerprint density at radius 1 is 1.09 bits per heavy atom. The number of carbonyl (C=O) groups is 5. The minimum Gasteiger partial charge on any atom is -0.390 e. The smallest absolute Gasteiger partial charge is 0.262 e. The van der Waals surface area contributed by atoms with Crippen molar-refractivity contribution < 1.29 is 34.2 Å². The molecule has 2 heterocycles. The maximum absolute atomic E-state index is 13.1. The average Bonchev–Trinajstić information content (AvgIpc) is 3.40. The molecule has 2 bridgehead atoms. The Balaban J connectivity index is 1.32. The summed E-state index contributed by atoms with van der Waals surface area (Å²) in [5, 5.41) is 25.0. The summed E-state index contributed by atoms with van der Waals surface area (Å²) >= 11 is 0. The van der Waals surface area contributed by atoms with Gasteiger partial charge < -0.3 is 15.5 Å². The molecule has 0 spiro atoms. The molecule has 0 radical (unpaired) electrons. The molecule has 10 nitrogen and oxygen atoms in total. The lowest BCUT2D eigenvalue weighted by Gasteiger charge is -2.29. The number of hydrogen-bond donors (Lipinski definition) is 4. The predicted molar refractivity (Wildman–Crippen MR) is 107 cm³/mol. The first-order valence-electron chi connectivity index (χ1n) is 10.7. The van der Waals surface area contributed by atoms with Crippen molar-refractivity contribution in [2.24, 2.45) is 17.8 Å². The maximum Gasteiger partial charge on any atom is 0.262 e. The lowest BCUT2D eigenvalue weighted by Crippen LogP contribution is -2.54. The molecule has 168 valence electrons. The molecule has 2 aliphatic heterocycles. The van der Waals surface area contributed by atoms with E-state index in [2.05, 4.69) is 10.6 Å². The highest BCUT2D eigenvalue weighted by Gasteiger charge is 2.54. The first kappa shape index (κ1) is 20.8. The summed E-state index contributed by atoms with van der Waals surface area (Å²) in [5.74, 6) is -3.39. The molecule has 3 fully saturated rings. The van der Waals surface area contributed by atoms with Gasteiger partial charge >= 0.3 is 0 Å². The molecule has 10 heteroatoms. The molecule has 2 saturated carbocycles. The molecule has 2 aliphatic carbocycles. The van der Waals surface area contributed by atoms with Crippen LogP contribution in [-0.2, 0) is 20.9 Å². The van der Waals surface area contributed by atoms with Gasteiger partial charge in [-0.25, -0.2) is 0 Å². The molecule has 0 aromatic heterocycles. The number of benzene rings is 1. The fourth-order valence-electron chi connectivity index (χ4n) is 5.65. The lowest BCUT2D eigenvalue weighted by atomic mass is 9.84. The van der Waals surface area contributed by atoms with Crippen LogP contribution in [0.1, 0.15) is 52.0 Å². The van der Waals surface area contributed by atoms with Gasteiger partial charge in [0, 0.05) is 18.9 Å². The van der Waals surface area contributed by atoms with Crippen LogP contribution in [0.25, 0.3) is 0 Å². The summed E-state index contributed by atoms with van der Waals surface area (Å²) in [6, 6.07) is 3.69. The Kier molecular flexibility index (Phi) is 4.86. The van der Waals surface area contributed by atoms with Crippen LogP contribution in [0.5, 0.6) is 0 Å². The molecule has 4 N–H and O–H groups in total. The number of imide groups is 2. The van der Waals surface area contributed by atoms with Gasteiger partial charge in [-0.05, 0) is 42.7 Å². The van der Waals surface area contributed by atoms with Crippen molar-refractivity contribution in [1.29, 1.82) is 0 Å². The molecule has 32 heavy (non-hydrogen) atoms. The quantitative estimate of drug-likeness (QED) is 0.441. The number of carbonyl (C=O) groups excluding carboxylic acids is 5. The van der Waals surface area contributed by atoms with Gasteiger partial charge in [0.25, 0.3) is 11.8 Å². The number of aliphatic hydroxyl groups excluding tert-OH is 2. The van der Waals surface area contributed by atoms with Crippen molar-refractivity contribution in [3.05, 3.63) is 34.9 Å². The van der Waals surface area contributed by atoms with Gasteiger partial charge in [0.1, 0.15) is 6.04 Å². The third-order valence-corrected chi connectivity index (χ3v) is 7.26. The van der Waals surface area contributed by atoms with Crippen molar-refractivity contribution in [2.45, 2.75) is 50.5 Å². The van der Waals surface area contributed by atoms with Crippen LogP contribution >= 0.6 is 0 Å². The fourth-order valence-corrected chi connectivity index (χ4v) is 5.65. The number of nitrogens with one attached hydrogen (secondary N) is 2. The van der Waals surface area contributed by atoms with E-state index in [4.69, 9.17) is 0 Å². The van der Waals surface area contributed by atoms with Crippen LogP contribution in [0.2, 0.25) is 0 Å². The molecular formula is C22H23N3O7. The van der Waals surface area contributed by atoms with E-state index in [9.17, 15) is 34.2 Å². The maximum atomic E-state index is 13.1. The van der Waals surface area contributed by atoms with E-state index in [1.807, 2.05) is 0 Å². The summed E-state index contributed by atoms with van der Waals surface area (Å²) in [5.41, 5.74) is 0.753. The highest BCUT2D eigenvalue weighted by atomic mass is 16.3. The number of piperidine rings is 1. The normalized spacial score (nSPS) is 33.5. The van der Waals surface area contributed by atoms with Gasteiger partial charge in [-0.15, -0.1) is 0 Å². The topological polar surface area (TPSA) is 153 Å². The van der Waals surface area contributed by atoms with Crippen molar-refractivity contribution in [3.63, 3.8) is 0 Å². The van der Waals surface area contributed by atoms with Crippen molar-refractivity contribution >= 4 is 29.5 Å². The average molecular weight is 441 g/mol. The van der Waals surface area contributed by atoms with Crippen LogP contribution in [0.15, 0.2) is 18.2 Å². The van der Waals surface area contributed by atoms with E-state index >= 15 is 0 Å². The van der Waals surface area contributed by atoms with Gasteiger partial charge in [-0.2, -0.15) is 0 Å². The van der Waals surface area contributed by atoms with Crippen LogP contribution in [-0.4, -0.2) is 62.9 Å². The second kappa shape index (κ2) is 7.49. The first-order chi connectivity index (χ1) is 15.3. The molecule has 4 aliphatic rings. The second-order valence-electron chi connectivity index (χ2n) is 8.99. The molecule has 2 unspecified atom stereocenters. The van der Waals surface area contributed by atoms with Crippen LogP contribution in [0.3, 0.4) is 0 Å². The number of aliphatic hydroxyl groups is 2. The Labute approximate surface area is 183 Å². The SMILES string of the molecule is O=C1CCC(N2C(=O)c3cccc(CNC(=O)[C@H]4C[C@@H]5CC4[C@H](O)[C@@H]5O)c3C2=O)C(=O)N1. The van der Waals surface area contributed by atoms with E-state index in [0.29, 0.717) is 18.4 Å². The Morgan fingerprint density at radius 2 is 1.88 bits per heavy atom. The standard InChI is InChI=1S/C22H23N3O7/c26-15-5-4-14(20(30)24-15)25-21(31)11-3-1-2-9(16(11)22(25)32)8-23-19(29)13-7-10-6-12(13)18(28)17(10)27/h1-3,10,12-14,17-18,27-28H,4-8H2,(H,23,29)(H,24,26,30)/t10-,12?,13-,14?,17+,18-/m0/s1. The summed E-state index contributed by atoms with van der Waals surface area (Å²) in [4.78, 5) is 63.3. The van der Waals surface area contributed by atoms with Gasteiger partial charge in [0.2, 0.25) is 17.7 Å². The van der Waals surface area contributed by atoms with Crippen molar-refractivity contribution in [3.8, 4) is 0 Å². The molecule has 1 aromatic rings. The largest absolute Gasteiger partial charge is 0.390 e. The van der Waals surface area contributed by atoms with E-state index < -0.39 is 47.8 Å². The summed E-state index contributed by atoms with van der Waals surface area (Å²) in [7, 11) is 0. The van der Waals surface area contributed by atoms with E-state index in [1.54, 1.807) is 12.1 Å². The molecule has 5 rings (SSSR count). The number of nitrogens with zero attached hydrogens (tertiary/aromatic N) is 1. The number of amides is 5. The number of rotatable bonds is 4.